The van der Waals surface area contributed by atoms with Crippen LogP contribution >= 0.6 is 23.1 Å². The number of thiophene rings is 1. The van der Waals surface area contributed by atoms with Gasteiger partial charge in [0.25, 0.3) is 11.1 Å². The molecule has 5 nitrogen and oxygen atoms in total. The third-order valence-corrected chi connectivity index (χ3v) is 6.83. The van der Waals surface area contributed by atoms with Crippen LogP contribution < -0.4 is 5.32 Å². The van der Waals surface area contributed by atoms with Crippen LogP contribution in [-0.4, -0.2) is 34.3 Å². The van der Waals surface area contributed by atoms with Crippen molar-refractivity contribution < 1.29 is 14.4 Å². The van der Waals surface area contributed by atoms with Crippen LogP contribution in [0.5, 0.6) is 0 Å². The van der Waals surface area contributed by atoms with Gasteiger partial charge >= 0.3 is 0 Å². The van der Waals surface area contributed by atoms with Gasteiger partial charge in [-0.05, 0) is 46.7 Å². The van der Waals surface area contributed by atoms with E-state index in [0.717, 1.165) is 33.3 Å². The van der Waals surface area contributed by atoms with Crippen molar-refractivity contribution in [1.29, 1.82) is 0 Å². The van der Waals surface area contributed by atoms with Crippen LogP contribution in [0.1, 0.15) is 20.8 Å². The van der Waals surface area contributed by atoms with Crippen LogP contribution in [0.25, 0.3) is 11.1 Å². The molecule has 1 N–H and O–H groups in total. The quantitative estimate of drug-likeness (QED) is 0.614. The third kappa shape index (κ3) is 4.47. The predicted molar refractivity (Wildman–Crippen MR) is 121 cm³/mol. The first kappa shape index (κ1) is 20.4. The first-order chi connectivity index (χ1) is 14.5. The maximum Gasteiger partial charge on any atom is 0.286 e. The lowest BCUT2D eigenvalue weighted by Gasteiger charge is -2.17. The molecule has 1 aromatic heterocycles. The Morgan fingerprint density at radius 1 is 1.03 bits per heavy atom. The summed E-state index contributed by atoms with van der Waals surface area (Å²) in [6, 6.07) is 19.4. The average Bonchev–Trinajstić information content (AvgIpc) is 3.34. The summed E-state index contributed by atoms with van der Waals surface area (Å²) in [5.41, 5.74) is 3.85. The summed E-state index contributed by atoms with van der Waals surface area (Å²) in [4.78, 5) is 38.6. The number of nitrogens with zero attached hydrogens (tertiary/aromatic N) is 1. The Morgan fingerprint density at radius 2 is 1.77 bits per heavy atom. The average molecular weight is 437 g/mol. The highest BCUT2D eigenvalue weighted by atomic mass is 32.2. The Kier molecular flexibility index (Phi) is 6.01. The molecule has 1 aliphatic heterocycles. The van der Waals surface area contributed by atoms with Crippen molar-refractivity contribution in [2.45, 2.75) is 18.2 Å². The highest BCUT2D eigenvalue weighted by Gasteiger charge is 2.31. The van der Waals surface area contributed by atoms with Crippen LogP contribution in [0.3, 0.4) is 0 Å². The Bertz CT molecular complexity index is 1080. The first-order valence-electron chi connectivity index (χ1n) is 9.49. The second-order valence-electron chi connectivity index (χ2n) is 7.07. The Labute approximate surface area is 183 Å². The molecule has 30 heavy (non-hydrogen) atoms. The number of carbonyl (C=O) groups is 3. The van der Waals surface area contributed by atoms with Gasteiger partial charge in [-0.3, -0.25) is 19.7 Å². The lowest BCUT2D eigenvalue weighted by Crippen LogP contribution is -2.25. The van der Waals surface area contributed by atoms with Crippen molar-refractivity contribution >= 4 is 40.2 Å². The molecule has 152 valence electrons. The van der Waals surface area contributed by atoms with Gasteiger partial charge in [-0.25, -0.2) is 0 Å². The summed E-state index contributed by atoms with van der Waals surface area (Å²) in [6.45, 7) is 0.531. The second-order valence-corrected chi connectivity index (χ2v) is 9.25. The fraction of sp³-hybridized carbons (Fsp3) is 0.174. The smallest absolute Gasteiger partial charge is 0.286 e. The number of hydrogen-bond donors (Lipinski definition) is 1. The first-order valence-corrected chi connectivity index (χ1v) is 11.2. The number of imide groups is 1. The van der Waals surface area contributed by atoms with Crippen LogP contribution in [-0.2, 0) is 17.8 Å². The van der Waals surface area contributed by atoms with E-state index in [0.29, 0.717) is 18.5 Å². The molecule has 1 fully saturated rings. The molecule has 1 atom stereocenters. The summed E-state index contributed by atoms with van der Waals surface area (Å²) in [5, 5.41) is 3.71. The number of rotatable bonds is 6. The van der Waals surface area contributed by atoms with Crippen molar-refractivity contribution in [3.8, 4) is 11.1 Å². The van der Waals surface area contributed by atoms with Crippen molar-refractivity contribution in [3.63, 3.8) is 0 Å². The van der Waals surface area contributed by atoms with E-state index in [4.69, 9.17) is 0 Å². The summed E-state index contributed by atoms with van der Waals surface area (Å²) in [7, 11) is 1.81. The summed E-state index contributed by atoms with van der Waals surface area (Å²) < 4.78 is 0. The minimum Gasteiger partial charge on any atom is -0.337 e. The number of hydrogen-bond acceptors (Lipinski definition) is 5. The van der Waals surface area contributed by atoms with Crippen molar-refractivity contribution in [2.24, 2.45) is 0 Å². The molecule has 7 heteroatoms. The van der Waals surface area contributed by atoms with Crippen LogP contribution in [0.15, 0.2) is 66.0 Å². The summed E-state index contributed by atoms with van der Waals surface area (Å²) in [5.74, 6) is -0.229. The molecule has 0 spiro atoms. The SMILES string of the molecule is CN(Cc1sccc1-c1ccc(CC2SC(=O)NC2=O)cc1)C(=O)c1ccccc1. The molecular formula is C23H20N2O3S2. The van der Waals surface area contributed by atoms with E-state index >= 15 is 0 Å². The fourth-order valence-corrected chi connectivity index (χ4v) is 5.18. The molecule has 1 saturated heterocycles. The number of benzene rings is 2. The fourth-order valence-electron chi connectivity index (χ4n) is 3.37. The summed E-state index contributed by atoms with van der Waals surface area (Å²) >= 11 is 2.67. The van der Waals surface area contributed by atoms with E-state index in [1.54, 1.807) is 16.2 Å². The largest absolute Gasteiger partial charge is 0.337 e. The molecule has 0 saturated carbocycles. The Morgan fingerprint density at radius 3 is 2.43 bits per heavy atom. The maximum atomic E-state index is 12.6. The number of nitrogens with one attached hydrogen (secondary N) is 1. The standard InChI is InChI=1S/C23H20N2O3S2/c1-25(22(27)17-5-3-2-4-6-17)14-20-18(11-12-29-20)16-9-7-15(8-10-16)13-19-21(26)24-23(28)30-19/h2-12,19H,13-14H2,1H3,(H,24,26,28). The van der Waals surface area contributed by atoms with Crippen LogP contribution in [0.2, 0.25) is 0 Å². The van der Waals surface area contributed by atoms with Gasteiger partial charge < -0.3 is 4.90 Å². The molecule has 1 aliphatic rings. The van der Waals surface area contributed by atoms with Gasteiger partial charge in [0.15, 0.2) is 0 Å². The van der Waals surface area contributed by atoms with E-state index in [-0.39, 0.29) is 22.3 Å². The Hall–Kier alpha value is -2.90. The highest BCUT2D eigenvalue weighted by molar-refractivity contribution is 8.15. The van der Waals surface area contributed by atoms with Crippen LogP contribution in [0.4, 0.5) is 4.79 Å². The van der Waals surface area contributed by atoms with E-state index in [1.165, 1.54) is 0 Å². The van der Waals surface area contributed by atoms with Gasteiger partial charge in [-0.15, -0.1) is 11.3 Å². The zero-order chi connectivity index (χ0) is 21.1. The Balaban J connectivity index is 1.45. The predicted octanol–water partition coefficient (Wildman–Crippen LogP) is 4.58. The van der Waals surface area contributed by atoms with E-state index in [9.17, 15) is 14.4 Å². The molecule has 2 heterocycles. The number of amides is 3. The van der Waals surface area contributed by atoms with Crippen molar-refractivity contribution in [1.82, 2.24) is 10.2 Å². The van der Waals surface area contributed by atoms with Gasteiger partial charge in [0.05, 0.1) is 11.8 Å². The zero-order valence-corrected chi connectivity index (χ0v) is 18.0. The molecule has 2 aromatic carbocycles. The molecule has 1 unspecified atom stereocenters. The normalized spacial score (nSPS) is 15.8. The van der Waals surface area contributed by atoms with Gasteiger partial charge in [0, 0.05) is 17.5 Å². The van der Waals surface area contributed by atoms with E-state index in [1.807, 2.05) is 67.0 Å². The minimum atomic E-state index is -0.363. The summed E-state index contributed by atoms with van der Waals surface area (Å²) in [6.07, 6.45) is 0.521. The molecular weight excluding hydrogens is 416 g/mol. The van der Waals surface area contributed by atoms with Gasteiger partial charge in [0.2, 0.25) is 5.91 Å². The van der Waals surface area contributed by atoms with Gasteiger partial charge in [-0.2, -0.15) is 0 Å². The molecule has 0 bridgehead atoms. The topological polar surface area (TPSA) is 66.5 Å². The molecule has 4 rings (SSSR count). The van der Waals surface area contributed by atoms with Gasteiger partial charge in [0.1, 0.15) is 0 Å². The maximum absolute atomic E-state index is 12.6. The number of thioether (sulfide) groups is 1. The second kappa shape index (κ2) is 8.85. The lowest BCUT2D eigenvalue weighted by atomic mass is 10.0. The van der Waals surface area contributed by atoms with E-state index < -0.39 is 0 Å². The zero-order valence-electron chi connectivity index (χ0n) is 16.3. The monoisotopic (exact) mass is 436 g/mol. The van der Waals surface area contributed by atoms with Gasteiger partial charge in [-0.1, -0.05) is 54.2 Å². The third-order valence-electron chi connectivity index (χ3n) is 4.95. The molecule has 3 aromatic rings. The lowest BCUT2D eigenvalue weighted by molar-refractivity contribution is -0.118. The van der Waals surface area contributed by atoms with Crippen LogP contribution in [0, 0.1) is 0 Å². The van der Waals surface area contributed by atoms with E-state index in [2.05, 4.69) is 11.4 Å². The molecule has 3 amide bonds. The van der Waals surface area contributed by atoms with Crippen molar-refractivity contribution in [3.05, 3.63) is 82.0 Å². The highest BCUT2D eigenvalue weighted by Crippen LogP contribution is 2.31. The molecule has 0 aliphatic carbocycles. The minimum absolute atomic E-state index is 0.00724. The van der Waals surface area contributed by atoms with Crippen molar-refractivity contribution in [2.75, 3.05) is 7.05 Å². The number of carbonyl (C=O) groups excluding carboxylic acids is 3. The molecule has 0 radical (unpaired) electrons.